The lowest BCUT2D eigenvalue weighted by Crippen LogP contribution is -2.32. The fourth-order valence-corrected chi connectivity index (χ4v) is 4.13. The molecule has 0 aromatic heterocycles. The quantitative estimate of drug-likeness (QED) is 0.584. The first-order valence-electron chi connectivity index (χ1n) is 6.34. The number of hydrogen-bond donors (Lipinski definition) is 2. The fourth-order valence-electron chi connectivity index (χ4n) is 1.95. The summed E-state index contributed by atoms with van der Waals surface area (Å²) in [7, 11) is -2.22. The number of nitrogens with one attached hydrogen (secondary N) is 2. The van der Waals surface area contributed by atoms with E-state index < -0.39 is 14.9 Å². The predicted molar refractivity (Wildman–Crippen MR) is 83.3 cm³/mol. The number of sulfonamides is 1. The topological polar surface area (TPSA) is 101 Å². The Hall–Kier alpha value is -1.32. The van der Waals surface area contributed by atoms with Gasteiger partial charge in [0.2, 0.25) is 10.0 Å². The van der Waals surface area contributed by atoms with Gasteiger partial charge in [0, 0.05) is 30.5 Å². The van der Waals surface area contributed by atoms with E-state index in [1.807, 2.05) is 6.26 Å². The molecule has 1 aromatic rings. The van der Waals surface area contributed by atoms with Crippen LogP contribution in [0.5, 0.6) is 0 Å². The van der Waals surface area contributed by atoms with Gasteiger partial charge in [0.1, 0.15) is 4.90 Å². The molecule has 1 aliphatic carbocycles. The second-order valence-electron chi connectivity index (χ2n) is 4.90. The van der Waals surface area contributed by atoms with Crippen LogP contribution in [0, 0.1) is 10.1 Å². The molecule has 0 radical (unpaired) electrons. The summed E-state index contributed by atoms with van der Waals surface area (Å²) in [4.78, 5) is 10.1. The lowest BCUT2D eigenvalue weighted by Gasteiger charge is -2.15. The first-order valence-corrected chi connectivity index (χ1v) is 9.05. The SMILES string of the molecule is CNc1ccc([N+](=O)[O-])cc1S(=O)(=O)NCC1(SC)CC1. The van der Waals surface area contributed by atoms with Crippen molar-refractivity contribution in [3.05, 3.63) is 28.3 Å². The number of nitrogens with zero attached hydrogens (tertiary/aromatic N) is 1. The summed E-state index contributed by atoms with van der Waals surface area (Å²) in [5.74, 6) is 0. The fraction of sp³-hybridized carbons (Fsp3) is 0.500. The number of nitro groups is 1. The molecule has 2 rings (SSSR count). The molecule has 0 unspecified atom stereocenters. The summed E-state index contributed by atoms with van der Waals surface area (Å²) in [6.07, 6.45) is 3.91. The second-order valence-corrected chi connectivity index (χ2v) is 7.91. The van der Waals surface area contributed by atoms with E-state index in [-0.39, 0.29) is 15.3 Å². The van der Waals surface area contributed by atoms with Crippen LogP contribution in [0.4, 0.5) is 11.4 Å². The van der Waals surface area contributed by atoms with Crippen LogP contribution in [0.2, 0.25) is 0 Å². The van der Waals surface area contributed by atoms with Crippen LogP contribution in [0.3, 0.4) is 0 Å². The summed E-state index contributed by atoms with van der Waals surface area (Å²) in [6, 6.07) is 3.75. The smallest absolute Gasteiger partial charge is 0.270 e. The number of nitro benzene ring substituents is 1. The van der Waals surface area contributed by atoms with Crippen molar-refractivity contribution in [2.45, 2.75) is 22.5 Å². The molecule has 0 aliphatic heterocycles. The minimum Gasteiger partial charge on any atom is -0.387 e. The van der Waals surface area contributed by atoms with E-state index >= 15 is 0 Å². The Morgan fingerprint density at radius 3 is 2.57 bits per heavy atom. The van der Waals surface area contributed by atoms with Crippen molar-refractivity contribution in [2.24, 2.45) is 0 Å². The molecular weight excluding hydrogens is 314 g/mol. The summed E-state index contributed by atoms with van der Waals surface area (Å²) >= 11 is 1.64. The van der Waals surface area contributed by atoms with Crippen LogP contribution >= 0.6 is 11.8 Å². The molecule has 116 valence electrons. The molecule has 2 N–H and O–H groups in total. The van der Waals surface area contributed by atoms with Crippen molar-refractivity contribution in [2.75, 3.05) is 25.2 Å². The standard InChI is InChI=1S/C12H17N3O4S2/c1-13-10-4-3-9(15(16)17)7-11(10)21(18,19)14-8-12(20-2)5-6-12/h3-4,7,13-14H,5-6,8H2,1-2H3. The zero-order valence-electron chi connectivity index (χ0n) is 11.8. The minimum atomic E-state index is -3.79. The highest BCUT2D eigenvalue weighted by Gasteiger charge is 2.42. The molecule has 0 bridgehead atoms. The molecule has 9 heteroatoms. The number of rotatable bonds is 7. The highest BCUT2D eigenvalue weighted by molar-refractivity contribution is 8.00. The third kappa shape index (κ3) is 3.47. The van der Waals surface area contributed by atoms with E-state index in [1.54, 1.807) is 18.8 Å². The van der Waals surface area contributed by atoms with Crippen LogP contribution in [-0.4, -0.2) is 37.9 Å². The van der Waals surface area contributed by atoms with Gasteiger partial charge in [-0.25, -0.2) is 13.1 Å². The van der Waals surface area contributed by atoms with Crippen LogP contribution in [0.25, 0.3) is 0 Å². The predicted octanol–water partition coefficient (Wildman–Crippen LogP) is 1.81. The van der Waals surface area contributed by atoms with Crippen molar-refractivity contribution >= 4 is 33.2 Å². The molecule has 0 saturated heterocycles. The van der Waals surface area contributed by atoms with E-state index in [2.05, 4.69) is 10.0 Å². The minimum absolute atomic E-state index is 0.0202. The summed E-state index contributed by atoms with van der Waals surface area (Å²) in [5, 5.41) is 13.6. The van der Waals surface area contributed by atoms with E-state index in [0.717, 1.165) is 18.9 Å². The Bertz CT molecular complexity index is 656. The first-order chi connectivity index (χ1) is 9.83. The molecule has 0 amide bonds. The lowest BCUT2D eigenvalue weighted by molar-refractivity contribution is -0.385. The zero-order valence-corrected chi connectivity index (χ0v) is 13.4. The second kappa shape index (κ2) is 5.82. The van der Waals surface area contributed by atoms with Crippen LogP contribution in [0.1, 0.15) is 12.8 Å². The molecule has 1 aromatic carbocycles. The van der Waals surface area contributed by atoms with Crippen molar-refractivity contribution in [1.29, 1.82) is 0 Å². The molecule has 0 atom stereocenters. The Balaban J connectivity index is 2.29. The molecule has 0 spiro atoms. The van der Waals surface area contributed by atoms with Gasteiger partial charge < -0.3 is 5.32 Å². The van der Waals surface area contributed by atoms with Crippen molar-refractivity contribution in [3.8, 4) is 0 Å². The van der Waals surface area contributed by atoms with Gasteiger partial charge in [-0.2, -0.15) is 11.8 Å². The normalized spacial score (nSPS) is 16.5. The van der Waals surface area contributed by atoms with Gasteiger partial charge in [0.15, 0.2) is 0 Å². The molecule has 0 heterocycles. The number of benzene rings is 1. The summed E-state index contributed by atoms with van der Waals surface area (Å²) in [6.45, 7) is 0.336. The molecule has 1 aliphatic rings. The Labute approximate surface area is 127 Å². The summed E-state index contributed by atoms with van der Waals surface area (Å²) < 4.78 is 27.3. The number of thioether (sulfide) groups is 1. The van der Waals surface area contributed by atoms with Crippen molar-refractivity contribution < 1.29 is 13.3 Å². The average Bonchev–Trinajstić information content (AvgIpc) is 3.25. The Kier molecular flexibility index (Phi) is 4.45. The van der Waals surface area contributed by atoms with Crippen molar-refractivity contribution in [3.63, 3.8) is 0 Å². The number of hydrogen-bond acceptors (Lipinski definition) is 6. The van der Waals surface area contributed by atoms with E-state index in [0.29, 0.717) is 12.2 Å². The molecule has 1 fully saturated rings. The Morgan fingerprint density at radius 2 is 2.10 bits per heavy atom. The zero-order chi connectivity index (χ0) is 15.7. The molecule has 1 saturated carbocycles. The third-order valence-electron chi connectivity index (χ3n) is 3.56. The highest BCUT2D eigenvalue weighted by atomic mass is 32.2. The van der Waals surface area contributed by atoms with E-state index in [4.69, 9.17) is 0 Å². The van der Waals surface area contributed by atoms with Gasteiger partial charge in [-0.05, 0) is 25.2 Å². The van der Waals surface area contributed by atoms with Gasteiger partial charge in [-0.3, -0.25) is 10.1 Å². The van der Waals surface area contributed by atoms with Crippen LogP contribution in [-0.2, 0) is 10.0 Å². The van der Waals surface area contributed by atoms with Gasteiger partial charge in [0.05, 0.1) is 10.6 Å². The maximum atomic E-state index is 12.4. The molecule has 7 nitrogen and oxygen atoms in total. The third-order valence-corrected chi connectivity index (χ3v) is 6.42. The van der Waals surface area contributed by atoms with E-state index in [9.17, 15) is 18.5 Å². The highest BCUT2D eigenvalue weighted by Crippen LogP contribution is 2.46. The monoisotopic (exact) mass is 331 g/mol. The van der Waals surface area contributed by atoms with Gasteiger partial charge in [0.25, 0.3) is 5.69 Å². The first kappa shape index (κ1) is 16.1. The Morgan fingerprint density at radius 1 is 1.43 bits per heavy atom. The lowest BCUT2D eigenvalue weighted by atomic mass is 10.3. The maximum absolute atomic E-state index is 12.4. The maximum Gasteiger partial charge on any atom is 0.270 e. The van der Waals surface area contributed by atoms with Gasteiger partial charge >= 0.3 is 0 Å². The van der Waals surface area contributed by atoms with Crippen molar-refractivity contribution in [1.82, 2.24) is 4.72 Å². The largest absolute Gasteiger partial charge is 0.387 e. The molecular formula is C12H17N3O4S2. The number of non-ortho nitro benzene ring substituents is 1. The van der Waals surface area contributed by atoms with Crippen LogP contribution in [0.15, 0.2) is 23.1 Å². The van der Waals surface area contributed by atoms with Gasteiger partial charge in [-0.15, -0.1) is 0 Å². The van der Waals surface area contributed by atoms with Gasteiger partial charge in [-0.1, -0.05) is 0 Å². The van der Waals surface area contributed by atoms with Crippen LogP contribution < -0.4 is 10.0 Å². The number of anilines is 1. The summed E-state index contributed by atoms with van der Waals surface area (Å²) in [5.41, 5.74) is 0.0856. The molecule has 21 heavy (non-hydrogen) atoms. The average molecular weight is 331 g/mol. The van der Waals surface area contributed by atoms with E-state index in [1.165, 1.54) is 12.1 Å².